The molecule has 0 spiro atoms. The van der Waals surface area contributed by atoms with Crippen LogP contribution in [0.15, 0.2) is 66.7 Å². The van der Waals surface area contributed by atoms with Crippen molar-refractivity contribution in [3.63, 3.8) is 0 Å². The van der Waals surface area contributed by atoms with E-state index in [0.717, 1.165) is 56.2 Å². The third-order valence-corrected chi connectivity index (χ3v) is 9.27. The van der Waals surface area contributed by atoms with Crippen LogP contribution in [0.5, 0.6) is 11.5 Å². The highest BCUT2D eigenvalue weighted by Crippen LogP contribution is 2.41. The van der Waals surface area contributed by atoms with Crippen molar-refractivity contribution in [3.05, 3.63) is 83.4 Å². The van der Waals surface area contributed by atoms with Crippen molar-refractivity contribution in [1.29, 1.82) is 0 Å². The molecule has 0 radical (unpaired) electrons. The molecular weight excluding hydrogens is 516 g/mol. The number of ketones is 1. The monoisotopic (exact) mass is 554 g/mol. The zero-order valence-corrected chi connectivity index (χ0v) is 24.2. The number of benzene rings is 3. The SMILES string of the molecule is Cc1ccc2sc(-c3ccc(OCCN4CCCC4)cc3)c(C(=O)c3ccc(OCCN4CCCC4)cc3)c2c1. The van der Waals surface area contributed by atoms with E-state index in [1.54, 1.807) is 11.3 Å². The summed E-state index contributed by atoms with van der Waals surface area (Å²) in [7, 11) is 0. The van der Waals surface area contributed by atoms with Gasteiger partial charge in [-0.1, -0.05) is 11.6 Å². The highest BCUT2D eigenvalue weighted by molar-refractivity contribution is 7.22. The van der Waals surface area contributed by atoms with Gasteiger partial charge in [-0.05, 0) is 125 Å². The second-order valence-electron chi connectivity index (χ2n) is 11.0. The van der Waals surface area contributed by atoms with E-state index in [1.807, 2.05) is 36.4 Å². The van der Waals surface area contributed by atoms with Gasteiger partial charge in [0.1, 0.15) is 24.7 Å². The first-order valence-electron chi connectivity index (χ1n) is 14.6. The van der Waals surface area contributed by atoms with Crippen molar-refractivity contribution < 1.29 is 14.3 Å². The molecule has 40 heavy (non-hydrogen) atoms. The molecule has 2 aliphatic heterocycles. The third kappa shape index (κ3) is 6.25. The Morgan fingerprint density at radius 1 is 0.750 bits per heavy atom. The van der Waals surface area contributed by atoms with E-state index in [1.165, 1.54) is 51.9 Å². The number of thiophene rings is 1. The fraction of sp³-hybridized carbons (Fsp3) is 0.382. The predicted octanol–water partition coefficient (Wildman–Crippen LogP) is 7.06. The molecule has 4 aromatic rings. The van der Waals surface area contributed by atoms with Crippen LogP contribution in [-0.2, 0) is 0 Å². The summed E-state index contributed by atoms with van der Waals surface area (Å²) in [5, 5.41) is 1.02. The molecule has 0 amide bonds. The largest absolute Gasteiger partial charge is 0.492 e. The number of rotatable bonds is 11. The third-order valence-electron chi connectivity index (χ3n) is 8.05. The Labute approximate surface area is 241 Å². The summed E-state index contributed by atoms with van der Waals surface area (Å²) in [6, 6.07) is 22.2. The Morgan fingerprint density at radius 3 is 1.88 bits per heavy atom. The molecule has 5 nitrogen and oxygen atoms in total. The number of likely N-dealkylation sites (tertiary alicyclic amines) is 2. The molecule has 208 valence electrons. The zero-order chi connectivity index (χ0) is 27.3. The number of fused-ring (bicyclic) bond motifs is 1. The summed E-state index contributed by atoms with van der Waals surface area (Å²) >= 11 is 1.68. The lowest BCUT2D eigenvalue weighted by molar-refractivity contribution is 0.104. The van der Waals surface area contributed by atoms with Crippen molar-refractivity contribution in [1.82, 2.24) is 9.80 Å². The normalized spacial score (nSPS) is 16.1. The van der Waals surface area contributed by atoms with Gasteiger partial charge < -0.3 is 9.47 Å². The lowest BCUT2D eigenvalue weighted by atomic mass is 9.97. The molecule has 2 aliphatic rings. The first-order chi connectivity index (χ1) is 19.6. The molecule has 0 unspecified atom stereocenters. The Hall–Kier alpha value is -3.19. The molecule has 0 N–H and O–H groups in total. The van der Waals surface area contributed by atoms with Crippen molar-refractivity contribution >= 4 is 27.2 Å². The fourth-order valence-electron chi connectivity index (χ4n) is 5.79. The highest BCUT2D eigenvalue weighted by atomic mass is 32.1. The summed E-state index contributed by atoms with van der Waals surface area (Å²) in [6.45, 7) is 10.1. The minimum absolute atomic E-state index is 0.0430. The van der Waals surface area contributed by atoms with Gasteiger partial charge in [0.2, 0.25) is 0 Å². The van der Waals surface area contributed by atoms with Gasteiger partial charge in [0.25, 0.3) is 0 Å². The van der Waals surface area contributed by atoms with Crippen LogP contribution in [0.4, 0.5) is 0 Å². The van der Waals surface area contributed by atoms with Crippen LogP contribution >= 0.6 is 11.3 Å². The molecule has 0 saturated carbocycles. The Balaban J connectivity index is 1.19. The van der Waals surface area contributed by atoms with Crippen molar-refractivity contribution in [2.24, 2.45) is 0 Å². The predicted molar refractivity (Wildman–Crippen MR) is 164 cm³/mol. The average Bonchev–Trinajstić information content (AvgIpc) is 3.75. The van der Waals surface area contributed by atoms with Gasteiger partial charge in [-0.25, -0.2) is 0 Å². The number of ether oxygens (including phenoxy) is 2. The Kier molecular flexibility index (Phi) is 8.47. The molecule has 2 saturated heterocycles. The van der Waals surface area contributed by atoms with Gasteiger partial charge in [-0.15, -0.1) is 11.3 Å². The molecule has 0 atom stereocenters. The quantitative estimate of drug-likeness (QED) is 0.186. The van der Waals surface area contributed by atoms with Crippen LogP contribution in [0.1, 0.15) is 47.2 Å². The summed E-state index contributed by atoms with van der Waals surface area (Å²) < 4.78 is 13.1. The van der Waals surface area contributed by atoms with Crippen molar-refractivity contribution in [2.45, 2.75) is 32.6 Å². The second-order valence-corrected chi connectivity index (χ2v) is 12.0. The summed E-state index contributed by atoms with van der Waals surface area (Å²) in [5.74, 6) is 1.72. The topological polar surface area (TPSA) is 42.0 Å². The van der Waals surface area contributed by atoms with Crippen LogP contribution in [0.2, 0.25) is 0 Å². The van der Waals surface area contributed by atoms with Gasteiger partial charge in [0.05, 0.1) is 0 Å². The van der Waals surface area contributed by atoms with Crippen LogP contribution in [-0.4, -0.2) is 68.1 Å². The molecule has 2 fully saturated rings. The Morgan fingerprint density at radius 2 is 1.30 bits per heavy atom. The fourth-order valence-corrected chi connectivity index (χ4v) is 6.97. The van der Waals surface area contributed by atoms with E-state index in [4.69, 9.17) is 9.47 Å². The molecule has 3 aromatic carbocycles. The number of carbonyl (C=O) groups is 1. The second kappa shape index (κ2) is 12.5. The highest BCUT2D eigenvalue weighted by Gasteiger charge is 2.22. The van der Waals surface area contributed by atoms with Crippen molar-refractivity contribution in [2.75, 3.05) is 52.5 Å². The maximum Gasteiger partial charge on any atom is 0.195 e. The smallest absolute Gasteiger partial charge is 0.195 e. The Bertz CT molecular complexity index is 1430. The van der Waals surface area contributed by atoms with Gasteiger partial charge in [0.15, 0.2) is 5.78 Å². The summed E-state index contributed by atoms with van der Waals surface area (Å²) in [6.07, 6.45) is 5.15. The van der Waals surface area contributed by atoms with Crippen LogP contribution in [0, 0.1) is 6.92 Å². The van der Waals surface area contributed by atoms with E-state index in [-0.39, 0.29) is 5.78 Å². The first kappa shape index (κ1) is 27.0. The van der Waals surface area contributed by atoms with Crippen LogP contribution < -0.4 is 9.47 Å². The first-order valence-corrected chi connectivity index (χ1v) is 15.4. The molecular formula is C34H38N2O3S. The van der Waals surface area contributed by atoms with E-state index in [9.17, 15) is 4.79 Å². The van der Waals surface area contributed by atoms with E-state index in [2.05, 4.69) is 47.1 Å². The lowest BCUT2D eigenvalue weighted by Gasteiger charge is -2.15. The molecule has 6 rings (SSSR count). The van der Waals surface area contributed by atoms with Gasteiger partial charge in [-0.3, -0.25) is 14.6 Å². The minimum atomic E-state index is 0.0430. The maximum absolute atomic E-state index is 14.0. The molecule has 0 bridgehead atoms. The molecule has 6 heteroatoms. The molecule has 1 aromatic heterocycles. The van der Waals surface area contributed by atoms with E-state index in [0.29, 0.717) is 18.8 Å². The minimum Gasteiger partial charge on any atom is -0.492 e. The number of hydrogen-bond donors (Lipinski definition) is 0. The summed E-state index contributed by atoms with van der Waals surface area (Å²) in [4.78, 5) is 19.9. The van der Waals surface area contributed by atoms with Crippen LogP contribution in [0.3, 0.4) is 0 Å². The summed E-state index contributed by atoms with van der Waals surface area (Å²) in [5.41, 5.74) is 3.63. The molecule has 3 heterocycles. The molecule has 0 aliphatic carbocycles. The standard InChI is InChI=1S/C34H38N2O3S/c1-25-6-15-31-30(24-25)32(33(37)26-7-11-28(12-8-26)38-22-20-35-16-2-3-17-35)34(40-31)27-9-13-29(14-10-27)39-23-21-36-18-4-5-19-36/h6-15,24H,2-5,16-23H2,1H3. The van der Waals surface area contributed by atoms with Gasteiger partial charge in [-0.2, -0.15) is 0 Å². The average molecular weight is 555 g/mol. The van der Waals surface area contributed by atoms with Gasteiger partial charge >= 0.3 is 0 Å². The number of nitrogens with zero attached hydrogens (tertiary/aromatic N) is 2. The van der Waals surface area contributed by atoms with Gasteiger partial charge in [0, 0.05) is 39.2 Å². The number of aryl methyl sites for hydroxylation is 1. The lowest BCUT2D eigenvalue weighted by Crippen LogP contribution is -2.25. The number of hydrogen-bond acceptors (Lipinski definition) is 6. The zero-order valence-electron chi connectivity index (χ0n) is 23.4. The maximum atomic E-state index is 14.0. The van der Waals surface area contributed by atoms with Crippen LogP contribution in [0.25, 0.3) is 20.5 Å². The van der Waals surface area contributed by atoms with Crippen molar-refractivity contribution in [3.8, 4) is 21.9 Å². The number of carbonyl (C=O) groups excluding carboxylic acids is 1. The van der Waals surface area contributed by atoms with E-state index >= 15 is 0 Å². The van der Waals surface area contributed by atoms with E-state index < -0.39 is 0 Å².